The molecule has 0 amide bonds. The summed E-state index contributed by atoms with van der Waals surface area (Å²) in [6.45, 7) is 0. The first kappa shape index (κ1) is 10.8. The lowest BCUT2D eigenvalue weighted by Gasteiger charge is -2.16. The molecule has 0 fully saturated rings. The van der Waals surface area contributed by atoms with Crippen LogP contribution >= 0.6 is 0 Å². The number of allylic oxidation sites excluding steroid dienone is 1. The van der Waals surface area contributed by atoms with E-state index >= 15 is 0 Å². The molecule has 88 valence electrons. The first-order chi connectivity index (χ1) is 8.86. The highest BCUT2D eigenvalue weighted by Gasteiger charge is 2.13. The normalized spacial score (nSPS) is 13.8. The van der Waals surface area contributed by atoms with E-state index in [0.29, 0.717) is 0 Å². The van der Waals surface area contributed by atoms with E-state index in [1.165, 1.54) is 16.7 Å². The van der Waals surface area contributed by atoms with Crippen LogP contribution in [0.3, 0.4) is 0 Å². The lowest BCUT2D eigenvalue weighted by Crippen LogP contribution is -2.09. The molecule has 18 heavy (non-hydrogen) atoms. The number of fused-ring (bicyclic) bond motifs is 1. The maximum absolute atomic E-state index is 4.37. The molecule has 2 nitrogen and oxygen atoms in total. The van der Waals surface area contributed by atoms with Crippen molar-refractivity contribution in [1.29, 1.82) is 0 Å². The van der Waals surface area contributed by atoms with Gasteiger partial charge in [0.2, 0.25) is 0 Å². The third-order valence-corrected chi connectivity index (χ3v) is 3.11. The Hall–Kier alpha value is -2.35. The summed E-state index contributed by atoms with van der Waals surface area (Å²) in [6.07, 6.45) is 3.92. The molecule has 0 saturated heterocycles. The predicted octanol–water partition coefficient (Wildman–Crippen LogP) is 3.55. The minimum absolute atomic E-state index is 1.13. The van der Waals surface area contributed by atoms with Crippen LogP contribution in [0.5, 0.6) is 0 Å². The topological polar surface area (TPSA) is 15.6 Å². The third kappa shape index (κ3) is 1.82. The molecule has 2 heteroatoms. The van der Waals surface area contributed by atoms with Gasteiger partial charge in [-0.3, -0.25) is 5.01 Å². The molecule has 0 N–H and O–H groups in total. The summed E-state index contributed by atoms with van der Waals surface area (Å²) in [5, 5.41) is 6.28. The lowest BCUT2D eigenvalue weighted by molar-refractivity contribution is 1.02. The van der Waals surface area contributed by atoms with Gasteiger partial charge in [0.25, 0.3) is 0 Å². The van der Waals surface area contributed by atoms with Gasteiger partial charge in [0.05, 0.1) is 5.69 Å². The molecule has 1 heterocycles. The van der Waals surface area contributed by atoms with E-state index in [0.717, 1.165) is 5.69 Å². The second kappa shape index (κ2) is 4.49. The minimum Gasteiger partial charge on any atom is -0.268 e. The number of para-hydroxylation sites is 1. The van der Waals surface area contributed by atoms with Gasteiger partial charge >= 0.3 is 0 Å². The molecule has 2 aromatic carbocycles. The summed E-state index contributed by atoms with van der Waals surface area (Å²) in [7, 11) is 1.97. The summed E-state index contributed by atoms with van der Waals surface area (Å²) < 4.78 is 0. The van der Waals surface area contributed by atoms with Crippen molar-refractivity contribution in [2.75, 3.05) is 12.1 Å². The molecular formula is C16H14N2. The van der Waals surface area contributed by atoms with Crippen LogP contribution in [0.1, 0.15) is 11.1 Å². The van der Waals surface area contributed by atoms with Crippen LogP contribution in [0.25, 0.3) is 5.57 Å². The lowest BCUT2D eigenvalue weighted by atomic mass is 9.96. The Bertz CT molecular complexity index is 612. The Balaban J connectivity index is 2.19. The second-order valence-corrected chi connectivity index (χ2v) is 4.25. The van der Waals surface area contributed by atoms with E-state index in [4.69, 9.17) is 0 Å². The quantitative estimate of drug-likeness (QED) is 0.736. The van der Waals surface area contributed by atoms with Gasteiger partial charge in [-0.15, -0.1) is 0 Å². The van der Waals surface area contributed by atoms with Crippen molar-refractivity contribution >= 4 is 17.5 Å². The summed E-state index contributed by atoms with van der Waals surface area (Å²) in [6, 6.07) is 18.7. The number of hydrogen-bond donors (Lipinski definition) is 0. The minimum atomic E-state index is 1.13. The van der Waals surface area contributed by atoms with E-state index in [1.807, 2.05) is 30.4 Å². The Morgan fingerprint density at radius 3 is 2.44 bits per heavy atom. The SMILES string of the molecule is CN1N=CC=C(c2ccccc2)c2ccccc21. The van der Waals surface area contributed by atoms with Gasteiger partial charge in [-0.05, 0) is 23.3 Å². The summed E-state index contributed by atoms with van der Waals surface area (Å²) in [4.78, 5) is 0. The molecule has 0 unspecified atom stereocenters. The highest BCUT2D eigenvalue weighted by atomic mass is 15.4. The molecule has 1 aliphatic rings. The van der Waals surface area contributed by atoms with Gasteiger partial charge in [0.15, 0.2) is 0 Å². The maximum atomic E-state index is 4.37. The predicted molar refractivity (Wildman–Crippen MR) is 76.9 cm³/mol. The zero-order valence-electron chi connectivity index (χ0n) is 10.2. The van der Waals surface area contributed by atoms with Crippen LogP contribution in [0, 0.1) is 0 Å². The van der Waals surface area contributed by atoms with Crippen LogP contribution in [-0.4, -0.2) is 13.3 Å². The molecule has 0 bridgehead atoms. The standard InChI is InChI=1S/C16H14N2/c1-18-16-10-6-5-9-15(16)14(11-12-17-18)13-7-3-2-4-8-13/h2-12H,1H3. The molecule has 0 atom stereocenters. The van der Waals surface area contributed by atoms with Crippen molar-refractivity contribution in [2.45, 2.75) is 0 Å². The van der Waals surface area contributed by atoms with Crippen molar-refractivity contribution in [3.05, 3.63) is 71.8 Å². The van der Waals surface area contributed by atoms with Crippen molar-refractivity contribution in [3.63, 3.8) is 0 Å². The molecule has 2 aromatic rings. The third-order valence-electron chi connectivity index (χ3n) is 3.11. The molecule has 0 saturated carbocycles. The highest BCUT2D eigenvalue weighted by Crippen LogP contribution is 2.32. The molecule has 0 radical (unpaired) electrons. The average Bonchev–Trinajstić information content (AvgIpc) is 2.60. The summed E-state index contributed by atoms with van der Waals surface area (Å²) >= 11 is 0. The number of nitrogens with zero attached hydrogens (tertiary/aromatic N) is 2. The highest BCUT2D eigenvalue weighted by molar-refractivity contribution is 5.96. The van der Waals surface area contributed by atoms with Crippen LogP contribution in [-0.2, 0) is 0 Å². The first-order valence-electron chi connectivity index (χ1n) is 5.99. The van der Waals surface area contributed by atoms with E-state index in [-0.39, 0.29) is 0 Å². The summed E-state index contributed by atoms with van der Waals surface area (Å²) in [5.74, 6) is 0. The van der Waals surface area contributed by atoms with Crippen LogP contribution in [0.4, 0.5) is 5.69 Å². The molecule has 0 spiro atoms. The first-order valence-corrected chi connectivity index (χ1v) is 5.99. The fraction of sp³-hybridized carbons (Fsp3) is 0.0625. The van der Waals surface area contributed by atoms with Crippen molar-refractivity contribution < 1.29 is 0 Å². The number of rotatable bonds is 1. The van der Waals surface area contributed by atoms with Gasteiger partial charge in [0, 0.05) is 18.8 Å². The number of hydrazone groups is 1. The van der Waals surface area contributed by atoms with Gasteiger partial charge in [-0.1, -0.05) is 48.5 Å². The molecule has 1 aliphatic heterocycles. The van der Waals surface area contributed by atoms with Gasteiger partial charge in [-0.2, -0.15) is 5.10 Å². The fourth-order valence-corrected chi connectivity index (χ4v) is 2.21. The molecule has 0 aromatic heterocycles. The largest absolute Gasteiger partial charge is 0.268 e. The average molecular weight is 234 g/mol. The molecule has 0 aliphatic carbocycles. The van der Waals surface area contributed by atoms with E-state index < -0.39 is 0 Å². The van der Waals surface area contributed by atoms with Crippen LogP contribution in [0.15, 0.2) is 65.8 Å². The van der Waals surface area contributed by atoms with E-state index in [1.54, 1.807) is 0 Å². The van der Waals surface area contributed by atoms with Crippen molar-refractivity contribution in [2.24, 2.45) is 5.10 Å². The van der Waals surface area contributed by atoms with Crippen molar-refractivity contribution in [3.8, 4) is 0 Å². The van der Waals surface area contributed by atoms with Gasteiger partial charge in [0.1, 0.15) is 0 Å². The second-order valence-electron chi connectivity index (χ2n) is 4.25. The molecule has 3 rings (SSSR count). The number of hydrogen-bond acceptors (Lipinski definition) is 2. The summed E-state index contributed by atoms with van der Waals surface area (Å²) in [5.41, 5.74) is 4.76. The fourth-order valence-electron chi connectivity index (χ4n) is 2.21. The smallest absolute Gasteiger partial charge is 0.0669 e. The van der Waals surface area contributed by atoms with E-state index in [2.05, 4.69) is 53.6 Å². The van der Waals surface area contributed by atoms with Crippen molar-refractivity contribution in [1.82, 2.24) is 0 Å². The van der Waals surface area contributed by atoms with E-state index in [9.17, 15) is 0 Å². The number of benzene rings is 2. The Labute approximate surface area is 107 Å². The Morgan fingerprint density at radius 2 is 1.61 bits per heavy atom. The van der Waals surface area contributed by atoms with Crippen LogP contribution in [0.2, 0.25) is 0 Å². The van der Waals surface area contributed by atoms with Gasteiger partial charge < -0.3 is 0 Å². The Morgan fingerprint density at radius 1 is 0.889 bits per heavy atom. The number of anilines is 1. The van der Waals surface area contributed by atoms with Crippen LogP contribution < -0.4 is 5.01 Å². The van der Waals surface area contributed by atoms with Gasteiger partial charge in [-0.25, -0.2) is 0 Å². The Kier molecular flexibility index (Phi) is 2.69. The monoisotopic (exact) mass is 234 g/mol. The zero-order chi connectivity index (χ0) is 12.4. The molecular weight excluding hydrogens is 220 g/mol. The zero-order valence-corrected chi connectivity index (χ0v) is 10.2. The maximum Gasteiger partial charge on any atom is 0.0669 e.